The van der Waals surface area contributed by atoms with E-state index in [1.54, 1.807) is 13.2 Å². The van der Waals surface area contributed by atoms with Crippen LogP contribution >= 0.6 is 11.3 Å². The van der Waals surface area contributed by atoms with E-state index in [4.69, 9.17) is 4.74 Å². The van der Waals surface area contributed by atoms with Crippen LogP contribution in [0.25, 0.3) is 12.2 Å². The summed E-state index contributed by atoms with van der Waals surface area (Å²) in [7, 11) is 1.64. The van der Waals surface area contributed by atoms with Crippen LogP contribution in [0.1, 0.15) is 79.7 Å². The Morgan fingerprint density at radius 2 is 1.52 bits per heavy atom. The summed E-state index contributed by atoms with van der Waals surface area (Å²) in [6.45, 7) is 16.3. The molecule has 230 valence electrons. The molecule has 3 aromatic carbocycles. The Hall–Kier alpha value is -4.23. The van der Waals surface area contributed by atoms with Gasteiger partial charge in [0.25, 0.3) is 5.56 Å². The zero-order valence-electron chi connectivity index (χ0n) is 27.1. The first-order chi connectivity index (χ1) is 20.6. The number of carbonyl (C=O) groups excluding carboxylic acids is 2. The molecule has 0 atom stereocenters. The standard InChI is InChI=1S/C37H42N2O4S/c1-23-18-25(19-24(2)34(23)43-9)20-31-35(42)39(22-32(41)38-29-13-11-10-12-28(29)37(6,7)8)33(44-31)21-30(40)26-14-16-27(17-15-26)36(3,4)5/h10-21H,22H2,1-9H3,(H,38,41)/b31-20-,33-21-. The average Bonchev–Trinajstić information content (AvgIpc) is 3.20. The molecule has 0 saturated heterocycles. The third-order valence-electron chi connectivity index (χ3n) is 7.52. The smallest absolute Gasteiger partial charge is 0.269 e. The second-order valence-electron chi connectivity index (χ2n) is 13.2. The van der Waals surface area contributed by atoms with Gasteiger partial charge in [0, 0.05) is 17.3 Å². The number of aromatic nitrogens is 1. The van der Waals surface area contributed by atoms with E-state index >= 15 is 0 Å². The van der Waals surface area contributed by atoms with Gasteiger partial charge in [-0.05, 0) is 76.8 Å². The van der Waals surface area contributed by atoms with Crippen molar-refractivity contribution in [1.82, 2.24) is 4.57 Å². The number of aryl methyl sites for hydroxylation is 2. The Morgan fingerprint density at radius 3 is 2.09 bits per heavy atom. The Labute approximate surface area is 263 Å². The summed E-state index contributed by atoms with van der Waals surface area (Å²) in [4.78, 5) is 40.6. The number of nitrogens with zero attached hydrogens (tertiary/aromatic N) is 1. The summed E-state index contributed by atoms with van der Waals surface area (Å²) in [6.07, 6.45) is 3.26. The Bertz CT molecular complexity index is 1860. The Morgan fingerprint density at radius 1 is 0.909 bits per heavy atom. The number of thiazole rings is 1. The van der Waals surface area contributed by atoms with E-state index in [9.17, 15) is 14.4 Å². The molecule has 1 amide bonds. The number of nitrogens with one attached hydrogen (secondary N) is 1. The van der Waals surface area contributed by atoms with Crippen molar-refractivity contribution in [3.8, 4) is 5.75 Å². The van der Waals surface area contributed by atoms with Gasteiger partial charge in [0.15, 0.2) is 5.78 Å². The van der Waals surface area contributed by atoms with Gasteiger partial charge in [-0.1, -0.05) is 84.0 Å². The van der Waals surface area contributed by atoms with E-state index in [-0.39, 0.29) is 34.6 Å². The molecular weight excluding hydrogens is 568 g/mol. The van der Waals surface area contributed by atoms with Crippen LogP contribution < -0.4 is 24.8 Å². The normalized spacial score (nSPS) is 12.8. The second kappa shape index (κ2) is 12.8. The lowest BCUT2D eigenvalue weighted by molar-refractivity contribution is -0.116. The van der Waals surface area contributed by atoms with Crippen LogP contribution in [0.15, 0.2) is 65.5 Å². The number of ketones is 1. The van der Waals surface area contributed by atoms with Gasteiger partial charge in [0.1, 0.15) is 17.0 Å². The first-order valence-electron chi connectivity index (χ1n) is 14.7. The number of methoxy groups -OCH3 is 1. The third-order valence-corrected chi connectivity index (χ3v) is 8.58. The van der Waals surface area contributed by atoms with Gasteiger partial charge in [0.2, 0.25) is 5.91 Å². The molecule has 0 bridgehead atoms. The van der Waals surface area contributed by atoms with Gasteiger partial charge in [-0.15, -0.1) is 11.3 Å². The number of ether oxygens (including phenoxy) is 1. The zero-order chi connectivity index (χ0) is 32.4. The molecule has 1 aromatic heterocycles. The lowest BCUT2D eigenvalue weighted by Gasteiger charge is -2.23. The van der Waals surface area contributed by atoms with Gasteiger partial charge in [-0.3, -0.25) is 19.0 Å². The predicted octanol–water partition coefficient (Wildman–Crippen LogP) is 6.26. The first-order valence-corrected chi connectivity index (χ1v) is 15.5. The van der Waals surface area contributed by atoms with Crippen LogP contribution in [0, 0.1) is 13.8 Å². The zero-order valence-corrected chi connectivity index (χ0v) is 27.9. The average molecular weight is 611 g/mol. The minimum atomic E-state index is -0.346. The molecule has 0 aliphatic heterocycles. The minimum Gasteiger partial charge on any atom is -0.496 e. The van der Waals surface area contributed by atoms with E-state index in [1.165, 1.54) is 22.0 Å². The molecule has 4 aromatic rings. The molecule has 4 rings (SSSR count). The van der Waals surface area contributed by atoms with Crippen LogP contribution in [-0.2, 0) is 22.2 Å². The van der Waals surface area contributed by atoms with Crippen molar-refractivity contribution in [3.05, 3.63) is 114 Å². The molecule has 0 saturated carbocycles. The molecule has 1 N–H and O–H groups in total. The van der Waals surface area contributed by atoms with E-state index in [0.29, 0.717) is 20.4 Å². The molecular formula is C37H42N2O4S. The van der Waals surface area contributed by atoms with Crippen LogP contribution in [0.2, 0.25) is 0 Å². The number of benzene rings is 3. The molecule has 1 heterocycles. The number of carbonyl (C=O) groups is 2. The van der Waals surface area contributed by atoms with Crippen LogP contribution in [0.5, 0.6) is 5.75 Å². The van der Waals surface area contributed by atoms with Crippen LogP contribution in [0.4, 0.5) is 5.69 Å². The van der Waals surface area contributed by atoms with Crippen molar-refractivity contribution < 1.29 is 14.3 Å². The number of para-hydroxylation sites is 1. The van der Waals surface area contributed by atoms with Gasteiger partial charge < -0.3 is 10.1 Å². The molecule has 7 heteroatoms. The van der Waals surface area contributed by atoms with E-state index in [2.05, 4.69) is 46.9 Å². The first kappa shape index (κ1) is 32.7. The van der Waals surface area contributed by atoms with Gasteiger partial charge in [-0.25, -0.2) is 0 Å². The third kappa shape index (κ3) is 7.45. The highest BCUT2D eigenvalue weighted by atomic mass is 32.1. The Kier molecular flexibility index (Phi) is 9.50. The molecule has 6 nitrogen and oxygen atoms in total. The number of Topliss-reactive ketones (excluding diaryl/α,β-unsaturated/α-hetero) is 1. The highest BCUT2D eigenvalue weighted by Crippen LogP contribution is 2.29. The number of anilines is 1. The number of amides is 1. The lowest BCUT2D eigenvalue weighted by atomic mass is 9.86. The summed E-state index contributed by atoms with van der Waals surface area (Å²) in [6, 6.07) is 19.1. The van der Waals surface area contributed by atoms with Crippen LogP contribution in [0.3, 0.4) is 0 Å². The summed E-state index contributed by atoms with van der Waals surface area (Å²) in [5.74, 6) is 0.220. The van der Waals surface area contributed by atoms with Crippen molar-refractivity contribution in [2.24, 2.45) is 0 Å². The summed E-state index contributed by atoms with van der Waals surface area (Å²) >= 11 is 1.20. The second-order valence-corrected chi connectivity index (χ2v) is 14.3. The maximum atomic E-state index is 13.8. The number of hydrogen-bond acceptors (Lipinski definition) is 5. The molecule has 0 aliphatic rings. The highest BCUT2D eigenvalue weighted by Gasteiger charge is 2.20. The molecule has 0 fully saturated rings. The topological polar surface area (TPSA) is 77.4 Å². The van der Waals surface area contributed by atoms with Crippen molar-refractivity contribution >= 4 is 40.9 Å². The highest BCUT2D eigenvalue weighted by molar-refractivity contribution is 7.07. The van der Waals surface area contributed by atoms with Crippen molar-refractivity contribution in [1.29, 1.82) is 0 Å². The number of hydrogen-bond donors (Lipinski definition) is 1. The van der Waals surface area contributed by atoms with E-state index < -0.39 is 0 Å². The minimum absolute atomic E-state index is 0.0403. The van der Waals surface area contributed by atoms with Gasteiger partial charge in [-0.2, -0.15) is 0 Å². The molecule has 0 aliphatic carbocycles. The number of rotatable bonds is 7. The predicted molar refractivity (Wildman–Crippen MR) is 182 cm³/mol. The SMILES string of the molecule is COc1c(C)cc(/C=c2\s/c(=C\C(=O)c3ccc(C(C)(C)C)cc3)n(CC(=O)Nc3ccccc3C(C)(C)C)c2=O)cc1C. The largest absolute Gasteiger partial charge is 0.496 e. The molecule has 0 spiro atoms. The van der Waals surface area contributed by atoms with Gasteiger partial charge in [0.05, 0.1) is 11.6 Å². The quantitative estimate of drug-likeness (QED) is 0.251. The molecule has 44 heavy (non-hydrogen) atoms. The van der Waals surface area contributed by atoms with E-state index in [0.717, 1.165) is 33.6 Å². The fourth-order valence-electron chi connectivity index (χ4n) is 5.24. The maximum absolute atomic E-state index is 13.8. The van der Waals surface area contributed by atoms with Crippen molar-refractivity contribution in [2.45, 2.75) is 72.8 Å². The Balaban J connectivity index is 1.79. The molecule has 0 unspecified atom stereocenters. The summed E-state index contributed by atoms with van der Waals surface area (Å²) < 4.78 is 7.72. The summed E-state index contributed by atoms with van der Waals surface area (Å²) in [5, 5.41) is 2.99. The fourth-order valence-corrected chi connectivity index (χ4v) is 6.28. The monoisotopic (exact) mass is 610 g/mol. The van der Waals surface area contributed by atoms with Crippen LogP contribution in [-0.4, -0.2) is 23.4 Å². The van der Waals surface area contributed by atoms with E-state index in [1.807, 2.05) is 74.5 Å². The fraction of sp³-hybridized carbons (Fsp3) is 0.324. The van der Waals surface area contributed by atoms with Crippen molar-refractivity contribution in [3.63, 3.8) is 0 Å². The lowest BCUT2D eigenvalue weighted by Crippen LogP contribution is -2.36. The van der Waals surface area contributed by atoms with Crippen molar-refractivity contribution in [2.75, 3.05) is 12.4 Å². The summed E-state index contributed by atoms with van der Waals surface area (Å²) in [5.41, 5.74) is 5.51. The van der Waals surface area contributed by atoms with Gasteiger partial charge >= 0.3 is 0 Å². The molecule has 0 radical (unpaired) electrons. The maximum Gasteiger partial charge on any atom is 0.269 e.